The van der Waals surface area contributed by atoms with E-state index in [0.29, 0.717) is 22.7 Å². The second-order valence-electron chi connectivity index (χ2n) is 8.34. The van der Waals surface area contributed by atoms with Crippen LogP contribution in [0, 0.1) is 11.7 Å². The van der Waals surface area contributed by atoms with Crippen LogP contribution in [-0.2, 0) is 14.3 Å². The molecule has 0 aromatic heterocycles. The number of hydrogen-bond donors (Lipinski definition) is 0. The summed E-state index contributed by atoms with van der Waals surface area (Å²) >= 11 is 0. The van der Waals surface area contributed by atoms with Gasteiger partial charge < -0.3 is 19.1 Å². The molecule has 1 saturated heterocycles. The summed E-state index contributed by atoms with van der Waals surface area (Å²) in [7, 11) is 3.10. The first-order chi connectivity index (χ1) is 17.4. The summed E-state index contributed by atoms with van der Waals surface area (Å²) in [5.41, 5.74) is 1.17. The molecule has 1 heterocycles. The largest absolute Gasteiger partial charge is 0.497 e. The predicted molar refractivity (Wildman–Crippen MR) is 131 cm³/mol. The lowest BCUT2D eigenvalue weighted by atomic mass is 9.83. The van der Waals surface area contributed by atoms with E-state index in [1.807, 2.05) is 0 Å². The number of nitrogens with zero attached hydrogens (tertiary/aromatic N) is 1. The molecule has 1 amide bonds. The van der Waals surface area contributed by atoms with E-state index < -0.39 is 36.1 Å². The Morgan fingerprint density at radius 3 is 2.14 bits per heavy atom. The average Bonchev–Trinajstić information content (AvgIpc) is 2.91. The maximum atomic E-state index is 14.0. The van der Waals surface area contributed by atoms with Gasteiger partial charge in [0.25, 0.3) is 0 Å². The van der Waals surface area contributed by atoms with Crippen molar-refractivity contribution in [2.75, 3.05) is 25.7 Å². The number of piperidine rings is 1. The van der Waals surface area contributed by atoms with E-state index in [1.165, 1.54) is 24.3 Å². The molecule has 2 atom stereocenters. The maximum absolute atomic E-state index is 14.0. The molecule has 0 spiro atoms. The highest BCUT2D eigenvalue weighted by atomic mass is 19.1. The maximum Gasteiger partial charge on any atom is 0.311 e. The third-order valence-electron chi connectivity index (χ3n) is 6.23. The molecule has 0 saturated carbocycles. The van der Waals surface area contributed by atoms with Gasteiger partial charge in [0.2, 0.25) is 11.7 Å². The minimum Gasteiger partial charge on any atom is -0.497 e. The van der Waals surface area contributed by atoms with E-state index in [9.17, 15) is 18.8 Å². The molecule has 0 bridgehead atoms. The number of halogens is 1. The third kappa shape index (κ3) is 5.22. The first-order valence-corrected chi connectivity index (χ1v) is 11.5. The Balaban J connectivity index is 1.63. The number of rotatable bonds is 8. The van der Waals surface area contributed by atoms with Crippen LogP contribution in [0.2, 0.25) is 0 Å². The Kier molecular flexibility index (Phi) is 7.63. The van der Waals surface area contributed by atoms with Gasteiger partial charge in [-0.15, -0.1) is 0 Å². The third-order valence-corrected chi connectivity index (χ3v) is 6.23. The molecule has 4 rings (SSSR count). The number of benzene rings is 3. The Bertz CT molecular complexity index is 1240. The summed E-state index contributed by atoms with van der Waals surface area (Å²) in [5, 5.41) is 0. The molecule has 1 fully saturated rings. The molecule has 186 valence electrons. The number of esters is 1. The number of carbonyl (C=O) groups excluding carboxylic acids is 3. The molecule has 1 aliphatic rings. The number of methoxy groups -OCH3 is 2. The fourth-order valence-electron chi connectivity index (χ4n) is 4.38. The number of ether oxygens (including phenoxy) is 3. The minimum absolute atomic E-state index is 0.125. The first kappa shape index (κ1) is 24.9. The van der Waals surface area contributed by atoms with Gasteiger partial charge in [-0.25, -0.2) is 4.39 Å². The zero-order valence-corrected chi connectivity index (χ0v) is 20.0. The number of carbonyl (C=O) groups is 3. The molecule has 0 radical (unpaired) electrons. The number of anilines is 1. The molecule has 3 aromatic carbocycles. The van der Waals surface area contributed by atoms with Crippen LogP contribution in [0.5, 0.6) is 11.5 Å². The molecule has 1 aliphatic heterocycles. The van der Waals surface area contributed by atoms with E-state index in [0.717, 1.165) is 0 Å². The van der Waals surface area contributed by atoms with E-state index in [2.05, 4.69) is 0 Å². The molecule has 0 N–H and O–H groups in total. The van der Waals surface area contributed by atoms with Gasteiger partial charge in [-0.2, -0.15) is 0 Å². The summed E-state index contributed by atoms with van der Waals surface area (Å²) in [6.07, 6.45) is 0.370. The second kappa shape index (κ2) is 11.0. The monoisotopic (exact) mass is 491 g/mol. The van der Waals surface area contributed by atoms with Crippen molar-refractivity contribution in [1.29, 1.82) is 0 Å². The lowest BCUT2D eigenvalue weighted by Gasteiger charge is -2.40. The van der Waals surface area contributed by atoms with Crippen LogP contribution in [0.3, 0.4) is 0 Å². The Labute approximate surface area is 208 Å². The van der Waals surface area contributed by atoms with Gasteiger partial charge in [-0.1, -0.05) is 24.3 Å². The Morgan fingerprint density at radius 2 is 1.53 bits per heavy atom. The highest BCUT2D eigenvalue weighted by molar-refractivity contribution is 5.99. The molecule has 7 nitrogen and oxygen atoms in total. The van der Waals surface area contributed by atoms with Gasteiger partial charge in [0.1, 0.15) is 17.3 Å². The Morgan fingerprint density at radius 1 is 0.917 bits per heavy atom. The van der Waals surface area contributed by atoms with Crippen molar-refractivity contribution in [3.05, 3.63) is 89.7 Å². The van der Waals surface area contributed by atoms with Crippen LogP contribution >= 0.6 is 0 Å². The van der Waals surface area contributed by atoms with Crippen LogP contribution in [0.1, 0.15) is 34.8 Å². The van der Waals surface area contributed by atoms with E-state index in [4.69, 9.17) is 14.2 Å². The number of hydrogen-bond acceptors (Lipinski definition) is 6. The summed E-state index contributed by atoms with van der Waals surface area (Å²) in [4.78, 5) is 40.4. The smallest absolute Gasteiger partial charge is 0.311 e. The molecular formula is C28H26FNO6. The number of Topliss-reactive ketones (excluding diaryl/α,β-unsaturated/α-hetero) is 1. The number of amides is 1. The van der Waals surface area contributed by atoms with Gasteiger partial charge in [0, 0.05) is 12.1 Å². The first-order valence-electron chi connectivity index (χ1n) is 11.5. The SMILES string of the molecule is COc1ccc(C2C(C(=O)OCC(=O)c3ccccc3F)CCC(=O)N2c2ccc(OC)cc2)cc1. The molecule has 0 aliphatic carbocycles. The van der Waals surface area contributed by atoms with Crippen molar-refractivity contribution >= 4 is 23.3 Å². The zero-order chi connectivity index (χ0) is 25.7. The molecule has 2 unspecified atom stereocenters. The molecule has 8 heteroatoms. The fourth-order valence-corrected chi connectivity index (χ4v) is 4.38. The highest BCUT2D eigenvalue weighted by Crippen LogP contribution is 2.41. The Hall–Kier alpha value is -4.20. The standard InChI is InChI=1S/C28H26FNO6/c1-34-20-11-7-18(8-12-20)27-23(28(33)36-17-25(31)22-5-3-4-6-24(22)29)15-16-26(32)30(27)19-9-13-21(35-2)14-10-19/h3-14,23,27H,15-17H2,1-2H3. The summed E-state index contributed by atoms with van der Waals surface area (Å²) in [6, 6.07) is 18.9. The topological polar surface area (TPSA) is 82.1 Å². The van der Waals surface area contributed by atoms with Gasteiger partial charge in [-0.05, 0) is 60.5 Å². The van der Waals surface area contributed by atoms with Crippen LogP contribution in [0.4, 0.5) is 10.1 Å². The summed E-state index contributed by atoms with van der Waals surface area (Å²) in [6.45, 7) is -0.595. The molecule has 3 aromatic rings. The van der Waals surface area contributed by atoms with E-state index in [-0.39, 0.29) is 24.3 Å². The van der Waals surface area contributed by atoms with Crippen molar-refractivity contribution < 1.29 is 33.0 Å². The van der Waals surface area contributed by atoms with E-state index in [1.54, 1.807) is 67.7 Å². The second-order valence-corrected chi connectivity index (χ2v) is 8.34. The van der Waals surface area contributed by atoms with Crippen molar-refractivity contribution in [2.45, 2.75) is 18.9 Å². The normalized spacial score (nSPS) is 17.4. The van der Waals surface area contributed by atoms with Crippen LogP contribution in [0.15, 0.2) is 72.8 Å². The number of ketones is 1. The van der Waals surface area contributed by atoms with Gasteiger partial charge in [0.05, 0.1) is 31.7 Å². The average molecular weight is 492 g/mol. The van der Waals surface area contributed by atoms with E-state index >= 15 is 0 Å². The summed E-state index contributed by atoms with van der Waals surface area (Å²) in [5.74, 6) is -1.58. The van der Waals surface area contributed by atoms with Crippen LogP contribution in [0.25, 0.3) is 0 Å². The highest BCUT2D eigenvalue weighted by Gasteiger charge is 2.42. The van der Waals surface area contributed by atoms with Crippen molar-refractivity contribution in [1.82, 2.24) is 0 Å². The quantitative estimate of drug-likeness (QED) is 0.334. The molecule has 36 heavy (non-hydrogen) atoms. The lowest BCUT2D eigenvalue weighted by molar-refractivity contribution is -0.149. The van der Waals surface area contributed by atoms with Crippen molar-refractivity contribution in [3.63, 3.8) is 0 Å². The van der Waals surface area contributed by atoms with Gasteiger partial charge in [-0.3, -0.25) is 14.4 Å². The molecular weight excluding hydrogens is 465 g/mol. The zero-order valence-electron chi connectivity index (χ0n) is 20.0. The fraction of sp³-hybridized carbons (Fsp3) is 0.250. The summed E-state index contributed by atoms with van der Waals surface area (Å²) < 4.78 is 29.8. The van der Waals surface area contributed by atoms with Crippen LogP contribution < -0.4 is 14.4 Å². The van der Waals surface area contributed by atoms with Gasteiger partial charge in [0.15, 0.2) is 6.61 Å². The minimum atomic E-state index is -0.744. The van der Waals surface area contributed by atoms with Crippen LogP contribution in [-0.4, -0.2) is 38.5 Å². The predicted octanol–water partition coefficient (Wildman–Crippen LogP) is 4.75. The van der Waals surface area contributed by atoms with Gasteiger partial charge >= 0.3 is 5.97 Å². The van der Waals surface area contributed by atoms with Crippen molar-refractivity contribution in [2.24, 2.45) is 5.92 Å². The lowest BCUT2D eigenvalue weighted by Crippen LogP contribution is -2.46. The van der Waals surface area contributed by atoms with Crippen molar-refractivity contribution in [3.8, 4) is 11.5 Å².